The molecule has 0 atom stereocenters. The highest BCUT2D eigenvalue weighted by molar-refractivity contribution is 5.78. The molecule has 0 fully saturated rings. The molecule has 0 aromatic carbocycles. The standard InChI is InChI=1S/C6H8F2N2O/c1-10(4-2-3-9)6(11)5(7)8/h5H,2,4H2,1H3. The predicted molar refractivity (Wildman–Crippen MR) is 33.9 cm³/mol. The van der Waals surface area contributed by atoms with Crippen LogP contribution >= 0.6 is 0 Å². The van der Waals surface area contributed by atoms with Crippen LogP contribution in [0.15, 0.2) is 0 Å². The molecule has 3 nitrogen and oxygen atoms in total. The van der Waals surface area contributed by atoms with Gasteiger partial charge < -0.3 is 4.90 Å². The highest BCUT2D eigenvalue weighted by atomic mass is 19.3. The Hall–Kier alpha value is -1.18. The molecule has 0 N–H and O–H groups in total. The van der Waals surface area contributed by atoms with Crippen molar-refractivity contribution >= 4 is 5.91 Å². The molecule has 0 saturated carbocycles. The first-order chi connectivity index (χ1) is 5.09. The van der Waals surface area contributed by atoms with Crippen molar-refractivity contribution in [2.45, 2.75) is 12.8 Å². The number of alkyl halides is 2. The molecule has 0 saturated heterocycles. The lowest BCUT2D eigenvalue weighted by Crippen LogP contribution is -2.32. The molecule has 62 valence electrons. The van der Waals surface area contributed by atoms with E-state index in [0.29, 0.717) is 0 Å². The topological polar surface area (TPSA) is 44.1 Å². The van der Waals surface area contributed by atoms with E-state index in [0.717, 1.165) is 4.90 Å². The first-order valence-electron chi connectivity index (χ1n) is 2.99. The smallest absolute Gasteiger partial charge is 0.315 e. The summed E-state index contributed by atoms with van der Waals surface area (Å²) in [4.78, 5) is 11.3. The van der Waals surface area contributed by atoms with E-state index in [4.69, 9.17) is 5.26 Å². The third-order valence-corrected chi connectivity index (χ3v) is 1.12. The molecular formula is C6H8F2N2O. The van der Waals surface area contributed by atoms with Gasteiger partial charge in [0.05, 0.1) is 12.5 Å². The molecule has 0 aromatic heterocycles. The Morgan fingerprint density at radius 1 is 1.73 bits per heavy atom. The average Bonchev–Trinajstić information content (AvgIpc) is 1.98. The van der Waals surface area contributed by atoms with Crippen molar-refractivity contribution < 1.29 is 13.6 Å². The van der Waals surface area contributed by atoms with E-state index in [-0.39, 0.29) is 13.0 Å². The van der Waals surface area contributed by atoms with Gasteiger partial charge in [-0.3, -0.25) is 4.79 Å². The lowest BCUT2D eigenvalue weighted by Gasteiger charge is -2.13. The molecule has 1 amide bonds. The monoisotopic (exact) mass is 162 g/mol. The second kappa shape index (κ2) is 4.61. The van der Waals surface area contributed by atoms with Crippen LogP contribution in [0.2, 0.25) is 0 Å². The first kappa shape index (κ1) is 9.82. The Bertz CT molecular complexity index is 176. The maximum atomic E-state index is 11.6. The summed E-state index contributed by atoms with van der Waals surface area (Å²) in [6.07, 6.45) is -2.90. The van der Waals surface area contributed by atoms with Crippen LogP contribution < -0.4 is 0 Å². The highest BCUT2D eigenvalue weighted by Gasteiger charge is 2.18. The van der Waals surface area contributed by atoms with Crippen molar-refractivity contribution in [3.63, 3.8) is 0 Å². The van der Waals surface area contributed by atoms with Crippen LogP contribution in [0.1, 0.15) is 6.42 Å². The maximum absolute atomic E-state index is 11.6. The Labute approximate surface area is 63.2 Å². The zero-order valence-corrected chi connectivity index (χ0v) is 6.05. The summed E-state index contributed by atoms with van der Waals surface area (Å²) in [5.74, 6) is -1.24. The van der Waals surface area contributed by atoms with Crippen molar-refractivity contribution in [3.8, 4) is 6.07 Å². The summed E-state index contributed by atoms with van der Waals surface area (Å²) in [7, 11) is 1.24. The van der Waals surface area contributed by atoms with E-state index in [1.165, 1.54) is 7.05 Å². The third-order valence-electron chi connectivity index (χ3n) is 1.12. The van der Waals surface area contributed by atoms with Crippen molar-refractivity contribution in [1.29, 1.82) is 5.26 Å². The number of halogens is 2. The summed E-state index contributed by atoms with van der Waals surface area (Å²) in [5, 5.41) is 8.06. The van der Waals surface area contributed by atoms with Gasteiger partial charge in [0.1, 0.15) is 0 Å². The number of nitriles is 1. The molecule has 11 heavy (non-hydrogen) atoms. The molecule has 0 radical (unpaired) electrons. The zero-order valence-electron chi connectivity index (χ0n) is 6.05. The second-order valence-electron chi connectivity index (χ2n) is 1.97. The van der Waals surface area contributed by atoms with Gasteiger partial charge in [-0.1, -0.05) is 0 Å². The van der Waals surface area contributed by atoms with Gasteiger partial charge in [-0.05, 0) is 0 Å². The molecule has 0 aromatic rings. The fourth-order valence-corrected chi connectivity index (χ4v) is 0.494. The minimum atomic E-state index is -2.97. The van der Waals surface area contributed by atoms with Gasteiger partial charge in [-0.25, -0.2) is 0 Å². The number of rotatable bonds is 3. The summed E-state index contributed by atoms with van der Waals surface area (Å²) in [5.41, 5.74) is 0. The van der Waals surface area contributed by atoms with Crippen LogP contribution in [0.4, 0.5) is 8.78 Å². The fraction of sp³-hybridized carbons (Fsp3) is 0.667. The fourth-order valence-electron chi connectivity index (χ4n) is 0.494. The van der Waals surface area contributed by atoms with Gasteiger partial charge in [0.15, 0.2) is 0 Å². The Morgan fingerprint density at radius 2 is 2.27 bits per heavy atom. The minimum absolute atomic E-state index is 0.0552. The lowest BCUT2D eigenvalue weighted by molar-refractivity contribution is -0.141. The SMILES string of the molecule is CN(CCC#N)C(=O)C(F)F. The van der Waals surface area contributed by atoms with Gasteiger partial charge in [0.2, 0.25) is 0 Å². The van der Waals surface area contributed by atoms with E-state index in [1.807, 2.05) is 0 Å². The quantitative estimate of drug-likeness (QED) is 0.610. The first-order valence-corrected chi connectivity index (χ1v) is 2.99. The molecule has 0 unspecified atom stereocenters. The van der Waals surface area contributed by atoms with Gasteiger partial charge in [-0.2, -0.15) is 14.0 Å². The summed E-state index contributed by atoms with van der Waals surface area (Å²) >= 11 is 0. The molecule has 0 aliphatic rings. The van der Waals surface area contributed by atoms with Crippen molar-refractivity contribution in [2.75, 3.05) is 13.6 Å². The summed E-state index contributed by atoms with van der Waals surface area (Å²) in [6.45, 7) is 0.0552. The number of carbonyl (C=O) groups is 1. The van der Waals surface area contributed by atoms with E-state index >= 15 is 0 Å². The largest absolute Gasteiger partial charge is 0.340 e. The number of nitrogens with zero attached hydrogens (tertiary/aromatic N) is 2. The van der Waals surface area contributed by atoms with Crippen LogP contribution in [0.25, 0.3) is 0 Å². The van der Waals surface area contributed by atoms with Gasteiger partial charge in [0.25, 0.3) is 5.91 Å². The van der Waals surface area contributed by atoms with E-state index < -0.39 is 12.3 Å². The molecule has 0 rings (SSSR count). The van der Waals surface area contributed by atoms with Crippen LogP contribution in [0.5, 0.6) is 0 Å². The second-order valence-corrected chi connectivity index (χ2v) is 1.97. The number of hydrogen-bond acceptors (Lipinski definition) is 2. The van der Waals surface area contributed by atoms with Gasteiger partial charge in [-0.15, -0.1) is 0 Å². The Morgan fingerprint density at radius 3 is 2.64 bits per heavy atom. The predicted octanol–water partition coefficient (Wildman–Crippen LogP) is 0.624. The van der Waals surface area contributed by atoms with Crippen molar-refractivity contribution in [2.24, 2.45) is 0 Å². The van der Waals surface area contributed by atoms with Crippen LogP contribution in [-0.2, 0) is 4.79 Å². The van der Waals surface area contributed by atoms with Gasteiger partial charge in [0, 0.05) is 13.6 Å². The van der Waals surface area contributed by atoms with E-state index in [9.17, 15) is 13.6 Å². The number of carbonyl (C=O) groups excluding carboxylic acids is 1. The van der Waals surface area contributed by atoms with Crippen LogP contribution in [0.3, 0.4) is 0 Å². The van der Waals surface area contributed by atoms with Crippen molar-refractivity contribution in [1.82, 2.24) is 4.90 Å². The summed E-state index contributed by atoms with van der Waals surface area (Å²) in [6, 6.07) is 1.75. The molecule has 0 aliphatic heterocycles. The lowest BCUT2D eigenvalue weighted by atomic mass is 10.4. The van der Waals surface area contributed by atoms with Crippen molar-refractivity contribution in [3.05, 3.63) is 0 Å². The number of amides is 1. The molecule has 0 spiro atoms. The third kappa shape index (κ3) is 3.50. The molecule has 0 heterocycles. The van der Waals surface area contributed by atoms with E-state index in [2.05, 4.69) is 0 Å². The Balaban J connectivity index is 3.75. The zero-order chi connectivity index (χ0) is 8.85. The minimum Gasteiger partial charge on any atom is -0.340 e. The highest BCUT2D eigenvalue weighted by Crippen LogP contribution is 1.98. The van der Waals surface area contributed by atoms with E-state index in [1.54, 1.807) is 6.07 Å². The average molecular weight is 162 g/mol. The van der Waals surface area contributed by atoms with Crippen LogP contribution in [-0.4, -0.2) is 30.8 Å². The number of hydrogen-bond donors (Lipinski definition) is 0. The normalized spacial score (nSPS) is 9.36. The summed E-state index contributed by atoms with van der Waals surface area (Å²) < 4.78 is 23.3. The maximum Gasteiger partial charge on any atom is 0.315 e. The molecule has 5 heteroatoms. The molecule has 0 aliphatic carbocycles. The molecule has 0 bridgehead atoms. The molecular weight excluding hydrogens is 154 g/mol. The Kier molecular flexibility index (Phi) is 4.11. The van der Waals surface area contributed by atoms with Gasteiger partial charge >= 0.3 is 6.43 Å². The van der Waals surface area contributed by atoms with Crippen LogP contribution in [0, 0.1) is 11.3 Å².